The summed E-state index contributed by atoms with van der Waals surface area (Å²) in [5.74, 6) is 0.430. The Hall–Kier alpha value is -1.88. The van der Waals surface area contributed by atoms with Crippen molar-refractivity contribution in [3.8, 4) is 0 Å². The van der Waals surface area contributed by atoms with Crippen LogP contribution >= 0.6 is 11.6 Å². The monoisotopic (exact) mass is 276 g/mol. The van der Waals surface area contributed by atoms with E-state index in [0.717, 1.165) is 19.6 Å². The summed E-state index contributed by atoms with van der Waals surface area (Å²) >= 11 is 5.81. The van der Waals surface area contributed by atoms with E-state index in [0.29, 0.717) is 16.6 Å². The molecule has 0 bridgehead atoms. The number of rotatable bonds is 3. The lowest BCUT2D eigenvalue weighted by molar-refractivity contribution is 0.0455. The Morgan fingerprint density at radius 2 is 2.26 bits per heavy atom. The maximum Gasteiger partial charge on any atom is 0.272 e. The van der Waals surface area contributed by atoms with E-state index in [-0.39, 0.29) is 5.91 Å². The molecule has 6 heteroatoms. The lowest BCUT2D eigenvalue weighted by atomic mass is 10.00. The minimum atomic E-state index is -0.00431. The molecule has 1 aliphatic rings. The number of amides is 1. The van der Waals surface area contributed by atoms with Gasteiger partial charge in [0.1, 0.15) is 5.69 Å². The summed E-state index contributed by atoms with van der Waals surface area (Å²) in [5, 5.41) is 4.77. The van der Waals surface area contributed by atoms with Crippen LogP contribution in [0.4, 0.5) is 0 Å². The third-order valence-corrected chi connectivity index (χ3v) is 3.37. The molecular weight excluding hydrogens is 264 g/mol. The fourth-order valence-electron chi connectivity index (χ4n) is 2.21. The molecule has 19 heavy (non-hydrogen) atoms. The lowest BCUT2D eigenvalue weighted by Gasteiger charge is -2.38. The van der Waals surface area contributed by atoms with Gasteiger partial charge in [-0.25, -0.2) is 0 Å². The molecule has 2 aromatic rings. The minimum Gasteiger partial charge on any atom is -0.336 e. The molecule has 5 nitrogen and oxygen atoms in total. The molecule has 2 aromatic heterocycles. The van der Waals surface area contributed by atoms with Crippen molar-refractivity contribution >= 4 is 17.5 Å². The predicted molar refractivity (Wildman–Crippen MR) is 70.9 cm³/mol. The molecule has 0 spiro atoms. The van der Waals surface area contributed by atoms with Gasteiger partial charge < -0.3 is 4.90 Å². The summed E-state index contributed by atoms with van der Waals surface area (Å²) in [5.41, 5.74) is 0.503. The third kappa shape index (κ3) is 2.61. The fourth-order valence-corrected chi connectivity index (χ4v) is 2.36. The molecule has 98 valence electrons. The standard InChI is InChI=1S/C13H13ClN4O/c14-11-5-16-18(9-11)8-10-6-17(7-10)13(19)12-3-1-2-4-15-12/h1-5,9-10H,6-8H2. The molecule has 0 saturated carbocycles. The van der Waals surface area contributed by atoms with Gasteiger partial charge in [0.05, 0.1) is 11.2 Å². The molecule has 0 unspecified atom stereocenters. The van der Waals surface area contributed by atoms with E-state index in [4.69, 9.17) is 11.6 Å². The van der Waals surface area contributed by atoms with Gasteiger partial charge in [0, 0.05) is 37.9 Å². The summed E-state index contributed by atoms with van der Waals surface area (Å²) in [7, 11) is 0. The van der Waals surface area contributed by atoms with Crippen molar-refractivity contribution in [3.05, 3.63) is 47.5 Å². The van der Waals surface area contributed by atoms with Gasteiger partial charge >= 0.3 is 0 Å². The summed E-state index contributed by atoms with van der Waals surface area (Å²) in [6.45, 7) is 2.28. The zero-order valence-electron chi connectivity index (χ0n) is 10.2. The van der Waals surface area contributed by atoms with Gasteiger partial charge in [-0.1, -0.05) is 17.7 Å². The number of aromatic nitrogens is 3. The molecule has 1 aliphatic heterocycles. The Bertz CT molecular complexity index is 577. The molecule has 1 saturated heterocycles. The van der Waals surface area contributed by atoms with Crippen LogP contribution in [0.25, 0.3) is 0 Å². The topological polar surface area (TPSA) is 51.0 Å². The molecule has 1 fully saturated rings. The molecule has 0 radical (unpaired) electrons. The molecule has 1 amide bonds. The molecule has 0 N–H and O–H groups in total. The van der Waals surface area contributed by atoms with Crippen molar-refractivity contribution in [2.24, 2.45) is 5.92 Å². The highest BCUT2D eigenvalue weighted by Crippen LogP contribution is 2.20. The number of nitrogens with zero attached hydrogens (tertiary/aromatic N) is 4. The van der Waals surface area contributed by atoms with Crippen molar-refractivity contribution in [1.29, 1.82) is 0 Å². The van der Waals surface area contributed by atoms with Crippen molar-refractivity contribution in [1.82, 2.24) is 19.7 Å². The molecule has 0 atom stereocenters. The number of hydrogen-bond donors (Lipinski definition) is 0. The highest BCUT2D eigenvalue weighted by atomic mass is 35.5. The summed E-state index contributed by atoms with van der Waals surface area (Å²) < 4.78 is 1.82. The minimum absolute atomic E-state index is 0.00431. The van der Waals surface area contributed by atoms with Crippen LogP contribution in [0.15, 0.2) is 36.8 Å². The second-order valence-corrected chi connectivity index (χ2v) is 5.11. The highest BCUT2D eigenvalue weighted by Gasteiger charge is 2.31. The van der Waals surface area contributed by atoms with Crippen LogP contribution < -0.4 is 0 Å². The third-order valence-electron chi connectivity index (χ3n) is 3.18. The SMILES string of the molecule is O=C(c1ccccn1)N1CC(Cn2cc(Cl)cn2)C1. The van der Waals surface area contributed by atoms with Crippen molar-refractivity contribution < 1.29 is 4.79 Å². The zero-order valence-corrected chi connectivity index (χ0v) is 11.0. The lowest BCUT2D eigenvalue weighted by Crippen LogP contribution is -2.51. The first-order chi connectivity index (χ1) is 9.22. The predicted octanol–water partition coefficient (Wildman–Crippen LogP) is 1.70. The second kappa shape index (κ2) is 5.01. The van der Waals surface area contributed by atoms with E-state index >= 15 is 0 Å². The van der Waals surface area contributed by atoms with Gasteiger partial charge in [-0.2, -0.15) is 5.10 Å². The van der Waals surface area contributed by atoms with Crippen LogP contribution in [0.1, 0.15) is 10.5 Å². The number of pyridine rings is 1. The smallest absolute Gasteiger partial charge is 0.272 e. The van der Waals surface area contributed by atoms with Crippen LogP contribution in [-0.2, 0) is 6.54 Å². The largest absolute Gasteiger partial charge is 0.336 e. The van der Waals surface area contributed by atoms with Gasteiger partial charge in [0.25, 0.3) is 5.91 Å². The summed E-state index contributed by atoms with van der Waals surface area (Å²) in [6.07, 6.45) is 5.05. The van der Waals surface area contributed by atoms with E-state index in [2.05, 4.69) is 10.1 Å². The van der Waals surface area contributed by atoms with Crippen LogP contribution in [-0.4, -0.2) is 38.7 Å². The van der Waals surface area contributed by atoms with Crippen LogP contribution in [0.3, 0.4) is 0 Å². The first-order valence-electron chi connectivity index (χ1n) is 6.10. The van der Waals surface area contributed by atoms with E-state index in [1.807, 2.05) is 10.7 Å². The molecule has 3 heterocycles. The van der Waals surface area contributed by atoms with Gasteiger partial charge in [-0.3, -0.25) is 14.5 Å². The number of carbonyl (C=O) groups is 1. The Kier molecular flexibility index (Phi) is 3.21. The van der Waals surface area contributed by atoms with E-state index in [9.17, 15) is 4.79 Å². The summed E-state index contributed by atoms with van der Waals surface area (Å²) in [6, 6.07) is 5.36. The fraction of sp³-hybridized carbons (Fsp3) is 0.308. The maximum atomic E-state index is 12.0. The van der Waals surface area contributed by atoms with Gasteiger partial charge in [-0.05, 0) is 12.1 Å². The first kappa shape index (κ1) is 12.2. The average Bonchev–Trinajstić information content (AvgIpc) is 2.79. The normalized spacial score (nSPS) is 15.3. The molecule has 0 aromatic carbocycles. The molecule has 3 rings (SSSR count). The zero-order chi connectivity index (χ0) is 13.2. The Morgan fingerprint density at radius 1 is 1.42 bits per heavy atom. The van der Waals surface area contributed by atoms with Gasteiger partial charge in [0.15, 0.2) is 0 Å². The first-order valence-corrected chi connectivity index (χ1v) is 6.48. The average molecular weight is 277 g/mol. The van der Waals surface area contributed by atoms with Crippen molar-refractivity contribution in [3.63, 3.8) is 0 Å². The second-order valence-electron chi connectivity index (χ2n) is 4.67. The van der Waals surface area contributed by atoms with Crippen LogP contribution in [0.5, 0.6) is 0 Å². The van der Waals surface area contributed by atoms with Crippen LogP contribution in [0.2, 0.25) is 5.02 Å². The van der Waals surface area contributed by atoms with E-state index < -0.39 is 0 Å². The van der Waals surface area contributed by atoms with Gasteiger partial charge in [-0.15, -0.1) is 0 Å². The quantitative estimate of drug-likeness (QED) is 0.857. The van der Waals surface area contributed by atoms with E-state index in [1.54, 1.807) is 35.6 Å². The highest BCUT2D eigenvalue weighted by molar-refractivity contribution is 6.30. The Labute approximate surface area is 115 Å². The number of hydrogen-bond acceptors (Lipinski definition) is 3. The van der Waals surface area contributed by atoms with Crippen LogP contribution in [0, 0.1) is 5.92 Å². The van der Waals surface area contributed by atoms with E-state index in [1.165, 1.54) is 0 Å². The molecular formula is C13H13ClN4O. The van der Waals surface area contributed by atoms with Gasteiger partial charge in [0.2, 0.25) is 0 Å². The van der Waals surface area contributed by atoms with Crippen molar-refractivity contribution in [2.75, 3.05) is 13.1 Å². The Morgan fingerprint density at radius 3 is 2.89 bits per heavy atom. The number of halogens is 1. The Balaban J connectivity index is 1.54. The van der Waals surface area contributed by atoms with Crippen molar-refractivity contribution in [2.45, 2.75) is 6.54 Å². The maximum absolute atomic E-state index is 12.0. The number of likely N-dealkylation sites (tertiary alicyclic amines) is 1. The number of carbonyl (C=O) groups excluding carboxylic acids is 1. The summed E-state index contributed by atoms with van der Waals surface area (Å²) in [4.78, 5) is 17.9. The molecule has 0 aliphatic carbocycles.